The maximum Gasteiger partial charge on any atom is 0.251 e. The lowest BCUT2D eigenvalue weighted by molar-refractivity contribution is 0.0933. The Morgan fingerprint density at radius 2 is 1.70 bits per heavy atom. The lowest BCUT2D eigenvalue weighted by atomic mass is 9.87. The summed E-state index contributed by atoms with van der Waals surface area (Å²) in [5.41, 5.74) is 7.20. The third kappa shape index (κ3) is 4.77. The van der Waals surface area contributed by atoms with Crippen molar-refractivity contribution >= 4 is 17.5 Å². The van der Waals surface area contributed by atoms with E-state index in [1.54, 1.807) is 12.4 Å². The highest BCUT2D eigenvalue weighted by atomic mass is 16.1. The summed E-state index contributed by atoms with van der Waals surface area (Å²) in [6, 6.07) is 24.1. The van der Waals surface area contributed by atoms with Crippen LogP contribution in [-0.2, 0) is 6.42 Å². The second-order valence-corrected chi connectivity index (χ2v) is 8.48. The van der Waals surface area contributed by atoms with Crippen LogP contribution in [-0.4, -0.2) is 15.9 Å². The highest BCUT2D eigenvalue weighted by Crippen LogP contribution is 2.30. The van der Waals surface area contributed by atoms with Crippen LogP contribution in [0.2, 0.25) is 0 Å². The molecule has 5 nitrogen and oxygen atoms in total. The Bertz CT molecular complexity index is 1270. The van der Waals surface area contributed by atoms with Crippen molar-refractivity contribution in [1.82, 2.24) is 15.3 Å². The van der Waals surface area contributed by atoms with Crippen molar-refractivity contribution in [2.75, 3.05) is 5.32 Å². The van der Waals surface area contributed by atoms with E-state index in [2.05, 4.69) is 70.0 Å². The predicted molar refractivity (Wildman–Crippen MR) is 132 cm³/mol. The molecule has 1 heterocycles. The van der Waals surface area contributed by atoms with Crippen LogP contribution in [0.25, 0.3) is 11.1 Å². The van der Waals surface area contributed by atoms with Gasteiger partial charge in [0.25, 0.3) is 5.91 Å². The standard InChI is InChI=1S/C28H26N4O/c1-19-12-14-20(15-13-19)23-17-29-28(30-18-23)31-24-9-4-8-22(16-24)27(33)32-26-11-5-7-21-6-2-3-10-25(21)26/h2-4,6,8-10,12-18,26H,5,7,11H2,1H3,(H,32,33)(H,29,30,31). The highest BCUT2D eigenvalue weighted by Gasteiger charge is 2.22. The summed E-state index contributed by atoms with van der Waals surface area (Å²) in [5, 5.41) is 6.42. The molecule has 0 radical (unpaired) electrons. The number of amides is 1. The number of aromatic nitrogens is 2. The Labute approximate surface area is 193 Å². The van der Waals surface area contributed by atoms with Gasteiger partial charge in [0, 0.05) is 29.2 Å². The lowest BCUT2D eigenvalue weighted by Crippen LogP contribution is -2.31. The normalized spacial score (nSPS) is 14.9. The van der Waals surface area contributed by atoms with Gasteiger partial charge in [0.15, 0.2) is 0 Å². The Morgan fingerprint density at radius 3 is 2.52 bits per heavy atom. The molecule has 0 saturated carbocycles. The number of anilines is 2. The number of carbonyl (C=O) groups excluding carboxylic acids is 1. The summed E-state index contributed by atoms with van der Waals surface area (Å²) in [6.45, 7) is 2.07. The van der Waals surface area contributed by atoms with E-state index >= 15 is 0 Å². The molecule has 33 heavy (non-hydrogen) atoms. The molecule has 0 aliphatic heterocycles. The van der Waals surface area contributed by atoms with Gasteiger partial charge in [-0.2, -0.15) is 0 Å². The molecule has 1 unspecified atom stereocenters. The van der Waals surface area contributed by atoms with E-state index in [0.29, 0.717) is 11.5 Å². The van der Waals surface area contributed by atoms with Gasteiger partial charge in [0.1, 0.15) is 0 Å². The molecule has 164 valence electrons. The van der Waals surface area contributed by atoms with Crippen LogP contribution in [0.15, 0.2) is 85.2 Å². The van der Waals surface area contributed by atoms with Crippen LogP contribution in [0, 0.1) is 6.92 Å². The first-order chi connectivity index (χ1) is 16.2. The van der Waals surface area contributed by atoms with Crippen molar-refractivity contribution in [3.63, 3.8) is 0 Å². The Hall–Kier alpha value is -3.99. The smallest absolute Gasteiger partial charge is 0.251 e. The van der Waals surface area contributed by atoms with Gasteiger partial charge in [-0.15, -0.1) is 0 Å². The van der Waals surface area contributed by atoms with Gasteiger partial charge in [-0.1, -0.05) is 60.2 Å². The molecular weight excluding hydrogens is 408 g/mol. The third-order valence-electron chi connectivity index (χ3n) is 6.09. The average Bonchev–Trinajstić information content (AvgIpc) is 2.85. The molecule has 1 aromatic heterocycles. The summed E-state index contributed by atoms with van der Waals surface area (Å²) >= 11 is 0. The van der Waals surface area contributed by atoms with Crippen LogP contribution in [0.4, 0.5) is 11.6 Å². The number of nitrogens with zero attached hydrogens (tertiary/aromatic N) is 2. The van der Waals surface area contributed by atoms with Crippen molar-refractivity contribution in [3.8, 4) is 11.1 Å². The molecule has 4 aromatic rings. The van der Waals surface area contributed by atoms with Gasteiger partial charge >= 0.3 is 0 Å². The SMILES string of the molecule is Cc1ccc(-c2cnc(Nc3cccc(C(=O)NC4CCCc5ccccc54)c3)nc2)cc1. The number of fused-ring (bicyclic) bond motifs is 1. The fourth-order valence-electron chi connectivity index (χ4n) is 4.30. The van der Waals surface area contributed by atoms with E-state index in [1.807, 2.05) is 30.3 Å². The first-order valence-corrected chi connectivity index (χ1v) is 11.3. The van der Waals surface area contributed by atoms with E-state index in [9.17, 15) is 4.79 Å². The molecule has 0 bridgehead atoms. The van der Waals surface area contributed by atoms with Crippen LogP contribution < -0.4 is 10.6 Å². The molecule has 3 aromatic carbocycles. The average molecular weight is 435 g/mol. The molecule has 0 fully saturated rings. The second-order valence-electron chi connectivity index (χ2n) is 8.48. The van der Waals surface area contributed by atoms with Crippen LogP contribution in [0.1, 0.15) is 45.9 Å². The topological polar surface area (TPSA) is 66.9 Å². The molecule has 1 aliphatic rings. The quantitative estimate of drug-likeness (QED) is 0.404. The molecule has 5 heteroatoms. The Balaban J connectivity index is 1.28. The summed E-state index contributed by atoms with van der Waals surface area (Å²) in [4.78, 5) is 21.9. The van der Waals surface area contributed by atoms with Gasteiger partial charge in [0.05, 0.1) is 6.04 Å². The van der Waals surface area contributed by atoms with Crippen LogP contribution in [0.5, 0.6) is 0 Å². The number of benzene rings is 3. The van der Waals surface area contributed by atoms with Gasteiger partial charge in [0.2, 0.25) is 5.95 Å². The molecule has 5 rings (SSSR count). The van der Waals surface area contributed by atoms with Gasteiger partial charge < -0.3 is 10.6 Å². The van der Waals surface area contributed by atoms with E-state index < -0.39 is 0 Å². The zero-order chi connectivity index (χ0) is 22.6. The Morgan fingerprint density at radius 1 is 0.909 bits per heavy atom. The number of hydrogen-bond acceptors (Lipinski definition) is 4. The maximum atomic E-state index is 13.0. The van der Waals surface area contributed by atoms with Crippen LogP contribution in [0.3, 0.4) is 0 Å². The van der Waals surface area contributed by atoms with E-state index in [-0.39, 0.29) is 11.9 Å². The number of aryl methyl sites for hydroxylation is 2. The zero-order valence-corrected chi connectivity index (χ0v) is 18.6. The first-order valence-electron chi connectivity index (χ1n) is 11.3. The molecule has 1 aliphatic carbocycles. The lowest BCUT2D eigenvalue weighted by Gasteiger charge is -2.26. The maximum absolute atomic E-state index is 13.0. The zero-order valence-electron chi connectivity index (χ0n) is 18.6. The van der Waals surface area contributed by atoms with Crippen molar-refractivity contribution in [2.24, 2.45) is 0 Å². The summed E-state index contributed by atoms with van der Waals surface area (Å²) in [7, 11) is 0. The molecule has 2 N–H and O–H groups in total. The minimum absolute atomic E-state index is 0.0525. The number of carbonyl (C=O) groups is 1. The Kier molecular flexibility index (Phi) is 5.85. The van der Waals surface area contributed by atoms with E-state index in [0.717, 1.165) is 36.1 Å². The van der Waals surface area contributed by atoms with Gasteiger partial charge in [-0.3, -0.25) is 4.79 Å². The van der Waals surface area contributed by atoms with Gasteiger partial charge in [-0.25, -0.2) is 9.97 Å². The summed E-state index contributed by atoms with van der Waals surface area (Å²) in [5.74, 6) is 0.417. The predicted octanol–water partition coefficient (Wildman–Crippen LogP) is 6.00. The number of nitrogens with one attached hydrogen (secondary N) is 2. The molecular formula is C28H26N4O. The van der Waals surface area contributed by atoms with E-state index in [4.69, 9.17) is 0 Å². The van der Waals surface area contributed by atoms with Crippen molar-refractivity contribution in [3.05, 3.63) is 107 Å². The number of hydrogen-bond donors (Lipinski definition) is 2. The largest absolute Gasteiger partial charge is 0.345 e. The van der Waals surface area contributed by atoms with Crippen molar-refractivity contribution in [2.45, 2.75) is 32.2 Å². The minimum atomic E-state index is -0.0732. The minimum Gasteiger partial charge on any atom is -0.345 e. The van der Waals surface area contributed by atoms with E-state index in [1.165, 1.54) is 16.7 Å². The first kappa shape index (κ1) is 20.9. The summed E-state index contributed by atoms with van der Waals surface area (Å²) < 4.78 is 0. The van der Waals surface area contributed by atoms with Crippen molar-refractivity contribution < 1.29 is 4.79 Å². The molecule has 0 spiro atoms. The molecule has 0 saturated heterocycles. The highest BCUT2D eigenvalue weighted by molar-refractivity contribution is 5.95. The molecule has 1 amide bonds. The van der Waals surface area contributed by atoms with Crippen molar-refractivity contribution in [1.29, 1.82) is 0 Å². The fourth-order valence-corrected chi connectivity index (χ4v) is 4.30. The fraction of sp³-hybridized carbons (Fsp3) is 0.179. The summed E-state index contributed by atoms with van der Waals surface area (Å²) in [6.07, 6.45) is 6.72. The third-order valence-corrected chi connectivity index (χ3v) is 6.09. The monoisotopic (exact) mass is 434 g/mol. The van der Waals surface area contributed by atoms with Crippen LogP contribution >= 0.6 is 0 Å². The molecule has 1 atom stereocenters. The number of rotatable bonds is 5. The second kappa shape index (κ2) is 9.25. The van der Waals surface area contributed by atoms with Gasteiger partial charge in [-0.05, 0) is 61.1 Å².